The van der Waals surface area contributed by atoms with E-state index in [1.165, 1.54) is 0 Å². The van der Waals surface area contributed by atoms with Crippen LogP contribution in [0.25, 0.3) is 0 Å². The van der Waals surface area contributed by atoms with Crippen LogP contribution in [0.5, 0.6) is 5.88 Å². The van der Waals surface area contributed by atoms with Crippen LogP contribution >= 0.6 is 0 Å². The Morgan fingerprint density at radius 1 is 1.22 bits per heavy atom. The van der Waals surface area contributed by atoms with Gasteiger partial charge in [0.15, 0.2) is 0 Å². The summed E-state index contributed by atoms with van der Waals surface area (Å²) in [4.78, 5) is 8.85. The molecule has 0 aliphatic rings. The van der Waals surface area contributed by atoms with Gasteiger partial charge in [-0.05, 0) is 19.8 Å². The molecule has 0 fully saturated rings. The molecule has 4 nitrogen and oxygen atoms in total. The summed E-state index contributed by atoms with van der Waals surface area (Å²) >= 11 is 0. The van der Waals surface area contributed by atoms with E-state index in [0.717, 1.165) is 43.9 Å². The molecule has 0 radical (unpaired) electrons. The number of rotatable bonds is 8. The van der Waals surface area contributed by atoms with Crippen molar-refractivity contribution in [1.82, 2.24) is 9.97 Å². The van der Waals surface area contributed by atoms with Crippen LogP contribution in [-0.2, 0) is 6.42 Å². The highest BCUT2D eigenvalue weighted by atomic mass is 16.5. The van der Waals surface area contributed by atoms with Crippen LogP contribution in [0.2, 0.25) is 0 Å². The van der Waals surface area contributed by atoms with Crippen molar-refractivity contribution < 1.29 is 4.74 Å². The van der Waals surface area contributed by atoms with Gasteiger partial charge >= 0.3 is 0 Å². The first-order valence-electron chi connectivity index (χ1n) is 6.98. The van der Waals surface area contributed by atoms with Crippen molar-refractivity contribution in [3.8, 4) is 5.88 Å². The second-order valence-electron chi connectivity index (χ2n) is 4.51. The normalized spacial score (nSPS) is 12.2. The third-order valence-electron chi connectivity index (χ3n) is 2.64. The molecule has 1 aromatic heterocycles. The minimum Gasteiger partial charge on any atom is -0.475 e. The van der Waals surface area contributed by atoms with Gasteiger partial charge in [-0.3, -0.25) is 0 Å². The van der Waals surface area contributed by atoms with Gasteiger partial charge in [0.1, 0.15) is 11.6 Å². The van der Waals surface area contributed by atoms with Crippen LogP contribution in [-0.4, -0.2) is 22.6 Å². The fraction of sp³-hybridized carbons (Fsp3) is 0.714. The topological polar surface area (TPSA) is 47.0 Å². The van der Waals surface area contributed by atoms with Crippen LogP contribution in [0.15, 0.2) is 6.07 Å². The number of aromatic nitrogens is 2. The molecule has 0 amide bonds. The van der Waals surface area contributed by atoms with E-state index < -0.39 is 0 Å². The number of hydrogen-bond acceptors (Lipinski definition) is 4. The molecule has 18 heavy (non-hydrogen) atoms. The Kier molecular flexibility index (Phi) is 6.47. The third kappa shape index (κ3) is 4.90. The number of hydrogen-bond donors (Lipinski definition) is 1. The van der Waals surface area contributed by atoms with E-state index in [1.54, 1.807) is 0 Å². The highest BCUT2D eigenvalue weighted by Crippen LogP contribution is 2.16. The van der Waals surface area contributed by atoms with Crippen molar-refractivity contribution in [3.05, 3.63) is 11.9 Å². The molecule has 0 aliphatic carbocycles. The van der Waals surface area contributed by atoms with E-state index in [2.05, 4.69) is 43.0 Å². The van der Waals surface area contributed by atoms with Crippen LogP contribution in [0.1, 0.15) is 52.8 Å². The molecule has 1 N–H and O–H groups in total. The van der Waals surface area contributed by atoms with Gasteiger partial charge in [0.25, 0.3) is 0 Å². The summed E-state index contributed by atoms with van der Waals surface area (Å²) in [6.45, 7) is 9.35. The average molecular weight is 251 g/mol. The molecule has 1 rings (SSSR count). The molecule has 1 aromatic rings. The zero-order chi connectivity index (χ0) is 13.4. The Balaban J connectivity index is 2.76. The third-order valence-corrected chi connectivity index (χ3v) is 2.64. The van der Waals surface area contributed by atoms with Gasteiger partial charge in [0.2, 0.25) is 5.88 Å². The summed E-state index contributed by atoms with van der Waals surface area (Å²) < 4.78 is 5.83. The summed E-state index contributed by atoms with van der Waals surface area (Å²) in [6, 6.07) is 1.89. The number of ether oxygens (including phenoxy) is 1. The highest BCUT2D eigenvalue weighted by Gasteiger charge is 2.08. The number of aryl methyl sites for hydroxylation is 1. The Morgan fingerprint density at radius 3 is 2.61 bits per heavy atom. The standard InChI is InChI=1S/C14H25N3O/c1-5-8-11(4)18-14-10-13(15-9-6-2)16-12(7-3)17-14/h10-11H,5-9H2,1-4H3,(H,15,16,17). The van der Waals surface area contributed by atoms with Crippen molar-refractivity contribution in [2.24, 2.45) is 0 Å². The van der Waals surface area contributed by atoms with E-state index in [9.17, 15) is 0 Å². The van der Waals surface area contributed by atoms with Gasteiger partial charge in [0, 0.05) is 19.0 Å². The van der Waals surface area contributed by atoms with E-state index in [0.29, 0.717) is 5.88 Å². The molecule has 4 heteroatoms. The molecule has 0 spiro atoms. The Labute approximate surface area is 110 Å². The molecular weight excluding hydrogens is 226 g/mol. The minimum atomic E-state index is 0.202. The fourth-order valence-corrected chi connectivity index (χ4v) is 1.71. The lowest BCUT2D eigenvalue weighted by Gasteiger charge is -2.14. The van der Waals surface area contributed by atoms with Gasteiger partial charge in [-0.25, -0.2) is 4.98 Å². The van der Waals surface area contributed by atoms with Crippen LogP contribution in [0, 0.1) is 0 Å². The lowest BCUT2D eigenvalue weighted by molar-refractivity contribution is 0.201. The molecule has 0 aliphatic heterocycles. The van der Waals surface area contributed by atoms with Crippen molar-refractivity contribution >= 4 is 5.82 Å². The van der Waals surface area contributed by atoms with Gasteiger partial charge < -0.3 is 10.1 Å². The summed E-state index contributed by atoms with van der Waals surface area (Å²) in [6.07, 6.45) is 4.26. The molecule has 102 valence electrons. The van der Waals surface area contributed by atoms with Crippen LogP contribution in [0.3, 0.4) is 0 Å². The predicted octanol–water partition coefficient (Wildman–Crippen LogP) is 3.43. The summed E-state index contributed by atoms with van der Waals surface area (Å²) in [5, 5.41) is 3.28. The zero-order valence-corrected chi connectivity index (χ0v) is 12.0. The maximum Gasteiger partial charge on any atom is 0.218 e. The number of nitrogens with one attached hydrogen (secondary N) is 1. The van der Waals surface area contributed by atoms with Crippen molar-refractivity contribution in [2.75, 3.05) is 11.9 Å². The molecule has 1 unspecified atom stereocenters. The molecule has 0 aromatic carbocycles. The number of anilines is 1. The Morgan fingerprint density at radius 2 is 2.00 bits per heavy atom. The smallest absolute Gasteiger partial charge is 0.218 e. The van der Waals surface area contributed by atoms with E-state index >= 15 is 0 Å². The lowest BCUT2D eigenvalue weighted by Crippen LogP contribution is -2.13. The van der Waals surface area contributed by atoms with Gasteiger partial charge in [0.05, 0.1) is 6.10 Å². The molecule has 1 heterocycles. The average Bonchev–Trinajstić information content (AvgIpc) is 2.36. The Hall–Kier alpha value is -1.32. The molecule has 0 saturated carbocycles. The molecular formula is C14H25N3O. The maximum absolute atomic E-state index is 5.83. The Bertz CT molecular complexity index is 355. The maximum atomic E-state index is 5.83. The highest BCUT2D eigenvalue weighted by molar-refractivity contribution is 5.38. The largest absolute Gasteiger partial charge is 0.475 e. The summed E-state index contributed by atoms with van der Waals surface area (Å²) in [5.74, 6) is 2.37. The monoisotopic (exact) mass is 251 g/mol. The first-order valence-corrected chi connectivity index (χ1v) is 6.98. The first kappa shape index (κ1) is 14.7. The van der Waals surface area contributed by atoms with Crippen LogP contribution in [0.4, 0.5) is 5.82 Å². The quantitative estimate of drug-likeness (QED) is 0.769. The molecule has 0 bridgehead atoms. The van der Waals surface area contributed by atoms with Crippen LogP contribution < -0.4 is 10.1 Å². The second-order valence-corrected chi connectivity index (χ2v) is 4.51. The van der Waals surface area contributed by atoms with Crippen molar-refractivity contribution in [1.29, 1.82) is 0 Å². The van der Waals surface area contributed by atoms with E-state index in [-0.39, 0.29) is 6.10 Å². The molecule has 1 atom stereocenters. The van der Waals surface area contributed by atoms with E-state index in [4.69, 9.17) is 4.74 Å². The summed E-state index contributed by atoms with van der Waals surface area (Å²) in [5.41, 5.74) is 0. The van der Waals surface area contributed by atoms with Gasteiger partial charge in [-0.15, -0.1) is 0 Å². The van der Waals surface area contributed by atoms with Gasteiger partial charge in [-0.2, -0.15) is 4.98 Å². The lowest BCUT2D eigenvalue weighted by atomic mass is 10.2. The fourth-order valence-electron chi connectivity index (χ4n) is 1.71. The van der Waals surface area contributed by atoms with Crippen molar-refractivity contribution in [2.45, 2.75) is 59.5 Å². The van der Waals surface area contributed by atoms with Gasteiger partial charge in [-0.1, -0.05) is 27.2 Å². The predicted molar refractivity (Wildman–Crippen MR) is 75.2 cm³/mol. The SMILES string of the molecule is CCCNc1cc(OC(C)CCC)nc(CC)n1. The van der Waals surface area contributed by atoms with Crippen molar-refractivity contribution in [3.63, 3.8) is 0 Å². The second kappa shape index (κ2) is 7.90. The minimum absolute atomic E-state index is 0.202. The molecule has 0 saturated heterocycles. The summed E-state index contributed by atoms with van der Waals surface area (Å²) in [7, 11) is 0. The number of nitrogens with zero attached hydrogens (tertiary/aromatic N) is 2. The zero-order valence-electron chi connectivity index (χ0n) is 12.0. The van der Waals surface area contributed by atoms with E-state index in [1.807, 2.05) is 6.07 Å². The first-order chi connectivity index (χ1) is 8.69.